The fourth-order valence-electron chi connectivity index (χ4n) is 2.79. The van der Waals surface area contributed by atoms with E-state index >= 15 is 0 Å². The van der Waals surface area contributed by atoms with Gasteiger partial charge in [-0.3, -0.25) is 9.78 Å². The Balaban J connectivity index is 1.81. The first-order valence-corrected chi connectivity index (χ1v) is 8.33. The first kappa shape index (κ1) is 14.4. The molecule has 1 atom stereocenters. The number of nitrogens with zero attached hydrogens (tertiary/aromatic N) is 2. The molecular formula is C17H12ClN3OS. The molecule has 4 rings (SSSR count). The molecule has 0 spiro atoms. The van der Waals surface area contributed by atoms with Gasteiger partial charge in [-0.1, -0.05) is 29.8 Å². The first-order chi connectivity index (χ1) is 11.2. The zero-order valence-corrected chi connectivity index (χ0v) is 13.6. The Kier molecular flexibility index (Phi) is 3.59. The number of anilines is 1. The number of hydrogen-bond acceptors (Lipinski definition) is 4. The van der Waals surface area contributed by atoms with Crippen molar-refractivity contribution in [3.8, 4) is 11.3 Å². The van der Waals surface area contributed by atoms with Crippen molar-refractivity contribution in [1.29, 1.82) is 0 Å². The quantitative estimate of drug-likeness (QED) is 0.754. The van der Waals surface area contributed by atoms with Crippen LogP contribution >= 0.6 is 23.1 Å². The second-order valence-corrected chi connectivity index (χ2v) is 6.61. The summed E-state index contributed by atoms with van der Waals surface area (Å²) >= 11 is 7.38. The number of fused-ring (bicyclic) bond motifs is 1. The Bertz CT molecular complexity index is 861. The van der Waals surface area contributed by atoms with Crippen LogP contribution in [0.15, 0.2) is 48.8 Å². The number of halogens is 1. The third kappa shape index (κ3) is 2.62. The van der Waals surface area contributed by atoms with Gasteiger partial charge in [-0.25, -0.2) is 0 Å². The van der Waals surface area contributed by atoms with E-state index in [1.807, 2.05) is 42.6 Å². The smallest absolute Gasteiger partial charge is 0.225 e. The molecule has 0 fully saturated rings. The molecule has 1 N–H and O–H groups in total. The third-order valence-electron chi connectivity index (χ3n) is 3.89. The summed E-state index contributed by atoms with van der Waals surface area (Å²) in [6.07, 6.45) is 3.97. The van der Waals surface area contributed by atoms with E-state index in [9.17, 15) is 4.79 Å². The SMILES string of the molecule is O=C1C[C@H](c2cccnc2)c2snc(-c3ccc(Cl)cc3)c2N1. The van der Waals surface area contributed by atoms with Gasteiger partial charge in [0, 0.05) is 35.3 Å². The van der Waals surface area contributed by atoms with Crippen molar-refractivity contribution in [2.24, 2.45) is 0 Å². The van der Waals surface area contributed by atoms with Crippen molar-refractivity contribution in [2.75, 3.05) is 5.32 Å². The van der Waals surface area contributed by atoms with Gasteiger partial charge in [0.05, 0.1) is 10.6 Å². The molecule has 23 heavy (non-hydrogen) atoms. The standard InChI is InChI=1S/C17H12ClN3OS/c18-12-5-3-10(4-6-12)15-16-17(23-21-15)13(8-14(22)20-16)11-2-1-7-19-9-11/h1-7,9,13H,8H2,(H,20,22)/t13-/m1/s1. The lowest BCUT2D eigenvalue weighted by Crippen LogP contribution is -2.22. The molecule has 2 aromatic heterocycles. The Labute approximate surface area is 142 Å². The lowest BCUT2D eigenvalue weighted by molar-refractivity contribution is -0.116. The first-order valence-electron chi connectivity index (χ1n) is 7.17. The van der Waals surface area contributed by atoms with Crippen LogP contribution in [0.25, 0.3) is 11.3 Å². The summed E-state index contributed by atoms with van der Waals surface area (Å²) in [4.78, 5) is 17.4. The van der Waals surface area contributed by atoms with Gasteiger partial charge >= 0.3 is 0 Å². The molecule has 4 nitrogen and oxygen atoms in total. The number of pyridine rings is 1. The summed E-state index contributed by atoms with van der Waals surface area (Å²) in [6.45, 7) is 0. The van der Waals surface area contributed by atoms with Crippen molar-refractivity contribution < 1.29 is 4.79 Å². The number of rotatable bonds is 2. The fraction of sp³-hybridized carbons (Fsp3) is 0.118. The normalized spacial score (nSPS) is 16.7. The lowest BCUT2D eigenvalue weighted by atomic mass is 9.90. The van der Waals surface area contributed by atoms with Gasteiger partial charge in [-0.15, -0.1) is 0 Å². The molecule has 3 heterocycles. The van der Waals surface area contributed by atoms with E-state index in [0.717, 1.165) is 27.4 Å². The predicted molar refractivity (Wildman–Crippen MR) is 91.9 cm³/mol. The largest absolute Gasteiger partial charge is 0.323 e. The number of benzene rings is 1. The van der Waals surface area contributed by atoms with Gasteiger partial charge in [0.1, 0.15) is 5.69 Å². The monoisotopic (exact) mass is 341 g/mol. The number of nitrogens with one attached hydrogen (secondary N) is 1. The molecule has 1 aliphatic rings. The summed E-state index contributed by atoms with van der Waals surface area (Å²) < 4.78 is 4.57. The molecule has 0 saturated heterocycles. The number of aromatic nitrogens is 2. The van der Waals surface area contributed by atoms with Crippen molar-refractivity contribution in [3.63, 3.8) is 0 Å². The van der Waals surface area contributed by atoms with E-state index in [1.54, 1.807) is 6.20 Å². The minimum Gasteiger partial charge on any atom is -0.323 e. The van der Waals surface area contributed by atoms with Gasteiger partial charge < -0.3 is 5.32 Å². The highest BCUT2D eigenvalue weighted by atomic mass is 35.5. The molecule has 1 amide bonds. The van der Waals surface area contributed by atoms with Crippen LogP contribution in [0.2, 0.25) is 5.02 Å². The molecule has 1 aliphatic heterocycles. The Hall–Kier alpha value is -2.24. The average Bonchev–Trinajstić information content (AvgIpc) is 2.99. The molecular weight excluding hydrogens is 330 g/mol. The van der Waals surface area contributed by atoms with E-state index in [1.165, 1.54) is 11.5 Å². The minimum absolute atomic E-state index is 0.00164. The van der Waals surface area contributed by atoms with E-state index in [2.05, 4.69) is 14.7 Å². The average molecular weight is 342 g/mol. The highest BCUT2D eigenvalue weighted by molar-refractivity contribution is 7.07. The number of carbonyl (C=O) groups excluding carboxylic acids is 1. The van der Waals surface area contributed by atoms with Gasteiger partial charge in [0.2, 0.25) is 5.91 Å². The van der Waals surface area contributed by atoms with Crippen molar-refractivity contribution >= 4 is 34.7 Å². The van der Waals surface area contributed by atoms with E-state index in [-0.39, 0.29) is 11.8 Å². The lowest BCUT2D eigenvalue weighted by Gasteiger charge is -2.22. The summed E-state index contributed by atoms with van der Waals surface area (Å²) in [5.74, 6) is 0.00719. The van der Waals surface area contributed by atoms with Crippen molar-refractivity contribution in [2.45, 2.75) is 12.3 Å². The molecule has 0 bridgehead atoms. The molecule has 6 heteroatoms. The minimum atomic E-state index is 0.00164. The van der Waals surface area contributed by atoms with Gasteiger partial charge in [0.25, 0.3) is 0 Å². The molecule has 114 valence electrons. The molecule has 3 aromatic rings. The molecule has 0 radical (unpaired) electrons. The molecule has 0 unspecified atom stereocenters. The highest BCUT2D eigenvalue weighted by Crippen LogP contribution is 2.44. The maximum Gasteiger partial charge on any atom is 0.225 e. The van der Waals surface area contributed by atoms with Crippen LogP contribution in [0.3, 0.4) is 0 Å². The topological polar surface area (TPSA) is 54.9 Å². The number of carbonyl (C=O) groups is 1. The maximum absolute atomic E-state index is 12.2. The zero-order chi connectivity index (χ0) is 15.8. The Morgan fingerprint density at radius 3 is 2.78 bits per heavy atom. The fourth-order valence-corrected chi connectivity index (χ4v) is 3.88. The van der Waals surface area contributed by atoms with Gasteiger partial charge in [-0.2, -0.15) is 4.37 Å². The van der Waals surface area contributed by atoms with Crippen LogP contribution in [0, 0.1) is 0 Å². The molecule has 0 aliphatic carbocycles. The van der Waals surface area contributed by atoms with Crippen molar-refractivity contribution in [1.82, 2.24) is 9.36 Å². The molecule has 0 saturated carbocycles. The maximum atomic E-state index is 12.2. The van der Waals surface area contributed by atoms with Crippen LogP contribution in [-0.4, -0.2) is 15.3 Å². The van der Waals surface area contributed by atoms with Crippen molar-refractivity contribution in [3.05, 3.63) is 64.3 Å². The van der Waals surface area contributed by atoms with Gasteiger partial charge in [0.15, 0.2) is 0 Å². The predicted octanol–water partition coefficient (Wildman–Crippen LogP) is 4.33. The molecule has 1 aromatic carbocycles. The van der Waals surface area contributed by atoms with Crippen LogP contribution in [0.5, 0.6) is 0 Å². The summed E-state index contributed by atoms with van der Waals surface area (Å²) in [5.41, 5.74) is 3.58. The highest BCUT2D eigenvalue weighted by Gasteiger charge is 2.31. The van der Waals surface area contributed by atoms with Gasteiger partial charge in [-0.05, 0) is 35.3 Å². The van der Waals surface area contributed by atoms with E-state index in [4.69, 9.17) is 11.6 Å². The number of amides is 1. The van der Waals surface area contributed by atoms with Crippen LogP contribution in [-0.2, 0) is 4.79 Å². The Morgan fingerprint density at radius 1 is 1.22 bits per heavy atom. The van der Waals surface area contributed by atoms with Crippen LogP contribution in [0.1, 0.15) is 22.8 Å². The van der Waals surface area contributed by atoms with E-state index in [0.29, 0.717) is 11.4 Å². The summed E-state index contributed by atoms with van der Waals surface area (Å²) in [7, 11) is 0. The zero-order valence-electron chi connectivity index (χ0n) is 12.0. The summed E-state index contributed by atoms with van der Waals surface area (Å²) in [6, 6.07) is 11.4. The van der Waals surface area contributed by atoms with Crippen LogP contribution < -0.4 is 5.32 Å². The second kappa shape index (κ2) is 5.76. The van der Waals surface area contributed by atoms with E-state index < -0.39 is 0 Å². The van der Waals surface area contributed by atoms with Crippen LogP contribution in [0.4, 0.5) is 5.69 Å². The second-order valence-electron chi connectivity index (χ2n) is 5.37. The number of hydrogen-bond donors (Lipinski definition) is 1. The summed E-state index contributed by atoms with van der Waals surface area (Å²) in [5, 5.41) is 3.65. The third-order valence-corrected chi connectivity index (χ3v) is 5.10. The Morgan fingerprint density at radius 2 is 2.04 bits per heavy atom.